The van der Waals surface area contributed by atoms with Gasteiger partial charge in [0.25, 0.3) is 0 Å². The van der Waals surface area contributed by atoms with E-state index in [-0.39, 0.29) is 0 Å². The van der Waals surface area contributed by atoms with Gasteiger partial charge in [-0.15, -0.1) is 0 Å². The van der Waals surface area contributed by atoms with Gasteiger partial charge in [0.2, 0.25) is 0 Å². The lowest BCUT2D eigenvalue weighted by molar-refractivity contribution is -0.104. The van der Waals surface area contributed by atoms with Crippen molar-refractivity contribution < 1.29 is 4.79 Å². The van der Waals surface area contributed by atoms with E-state index in [0.717, 1.165) is 37.9 Å². The SMILES string of the molecule is C=N/C=C1/C=C(C=O)C=CCN1CC(CC)CC. The van der Waals surface area contributed by atoms with Gasteiger partial charge in [0.15, 0.2) is 0 Å². The number of rotatable bonds is 6. The summed E-state index contributed by atoms with van der Waals surface area (Å²) in [4.78, 5) is 17.0. The fourth-order valence-electron chi connectivity index (χ4n) is 2.06. The van der Waals surface area contributed by atoms with Gasteiger partial charge < -0.3 is 4.90 Å². The predicted octanol–water partition coefficient (Wildman–Crippen LogP) is 2.96. The molecule has 1 heterocycles. The van der Waals surface area contributed by atoms with E-state index in [1.807, 2.05) is 18.2 Å². The normalized spacial score (nSPS) is 17.8. The summed E-state index contributed by atoms with van der Waals surface area (Å²) in [6, 6.07) is 0. The molecule has 0 aromatic rings. The Balaban J connectivity index is 2.91. The average Bonchev–Trinajstić information content (AvgIpc) is 2.58. The summed E-state index contributed by atoms with van der Waals surface area (Å²) in [5, 5.41) is 0. The monoisotopic (exact) mass is 246 g/mol. The van der Waals surface area contributed by atoms with E-state index >= 15 is 0 Å². The maximum atomic E-state index is 10.9. The first-order chi connectivity index (χ1) is 8.74. The Hall–Kier alpha value is -1.64. The van der Waals surface area contributed by atoms with Crippen molar-refractivity contribution >= 4 is 13.0 Å². The average molecular weight is 246 g/mol. The molecule has 0 bridgehead atoms. The van der Waals surface area contributed by atoms with Gasteiger partial charge in [-0.1, -0.05) is 38.8 Å². The zero-order chi connectivity index (χ0) is 13.4. The number of hydrogen-bond acceptors (Lipinski definition) is 3. The number of carbonyl (C=O) groups excluding carboxylic acids is 1. The van der Waals surface area contributed by atoms with Crippen molar-refractivity contribution in [3.8, 4) is 0 Å². The van der Waals surface area contributed by atoms with Crippen molar-refractivity contribution in [3.63, 3.8) is 0 Å². The molecule has 3 heteroatoms. The molecule has 0 aromatic heterocycles. The quantitative estimate of drug-likeness (QED) is 0.533. The first-order valence-electron chi connectivity index (χ1n) is 6.49. The van der Waals surface area contributed by atoms with Crippen LogP contribution in [0.3, 0.4) is 0 Å². The molecule has 0 amide bonds. The molecule has 0 atom stereocenters. The lowest BCUT2D eigenvalue weighted by Crippen LogP contribution is -2.28. The van der Waals surface area contributed by atoms with Crippen molar-refractivity contribution in [2.75, 3.05) is 13.1 Å². The second-order valence-electron chi connectivity index (χ2n) is 4.49. The molecular formula is C15H22N2O. The molecule has 0 radical (unpaired) electrons. The van der Waals surface area contributed by atoms with E-state index in [1.165, 1.54) is 0 Å². The summed E-state index contributed by atoms with van der Waals surface area (Å²) in [5.74, 6) is 0.665. The van der Waals surface area contributed by atoms with Crippen molar-refractivity contribution in [2.45, 2.75) is 26.7 Å². The molecule has 0 saturated heterocycles. The molecule has 0 aromatic carbocycles. The topological polar surface area (TPSA) is 32.7 Å². The Morgan fingerprint density at radius 3 is 2.78 bits per heavy atom. The van der Waals surface area contributed by atoms with Crippen LogP contribution in [0, 0.1) is 5.92 Å². The second kappa shape index (κ2) is 7.64. The third-order valence-corrected chi connectivity index (χ3v) is 3.31. The molecule has 0 fully saturated rings. The Labute approximate surface area is 110 Å². The van der Waals surface area contributed by atoms with Crippen molar-refractivity contribution in [1.82, 2.24) is 4.90 Å². The maximum Gasteiger partial charge on any atom is 0.150 e. The molecule has 3 nitrogen and oxygen atoms in total. The highest BCUT2D eigenvalue weighted by atomic mass is 16.1. The van der Waals surface area contributed by atoms with Gasteiger partial charge >= 0.3 is 0 Å². The molecule has 0 N–H and O–H groups in total. The van der Waals surface area contributed by atoms with Crippen LogP contribution in [0.2, 0.25) is 0 Å². The van der Waals surface area contributed by atoms with Crippen LogP contribution in [0.5, 0.6) is 0 Å². The third kappa shape index (κ3) is 3.99. The molecule has 1 aliphatic heterocycles. The third-order valence-electron chi connectivity index (χ3n) is 3.31. The number of aliphatic imine (C=N–C) groups is 1. The molecule has 1 aliphatic rings. The van der Waals surface area contributed by atoms with E-state index in [9.17, 15) is 4.79 Å². The van der Waals surface area contributed by atoms with Crippen LogP contribution < -0.4 is 0 Å². The van der Waals surface area contributed by atoms with E-state index in [4.69, 9.17) is 0 Å². The number of carbonyl (C=O) groups is 1. The van der Waals surface area contributed by atoms with Crippen LogP contribution in [0.4, 0.5) is 0 Å². The van der Waals surface area contributed by atoms with Gasteiger partial charge in [0, 0.05) is 24.9 Å². The maximum absolute atomic E-state index is 10.9. The first kappa shape index (κ1) is 14.4. The summed E-state index contributed by atoms with van der Waals surface area (Å²) in [7, 11) is 0. The number of nitrogens with zero attached hydrogens (tertiary/aromatic N) is 2. The summed E-state index contributed by atoms with van der Waals surface area (Å²) >= 11 is 0. The molecule has 98 valence electrons. The molecule has 1 rings (SSSR count). The van der Waals surface area contributed by atoms with Crippen LogP contribution in [-0.2, 0) is 4.79 Å². The Bertz CT molecular complexity index is 376. The Kier molecular flexibility index (Phi) is 6.12. The Morgan fingerprint density at radius 1 is 1.50 bits per heavy atom. The van der Waals surface area contributed by atoms with Gasteiger partial charge in [0.1, 0.15) is 6.29 Å². The molecule has 0 saturated carbocycles. The van der Waals surface area contributed by atoms with Crippen LogP contribution in [-0.4, -0.2) is 31.0 Å². The van der Waals surface area contributed by atoms with Crippen LogP contribution >= 0.6 is 0 Å². The molecular weight excluding hydrogens is 224 g/mol. The standard InChI is InChI=1S/C15H22N2O/c1-4-13(5-2)11-17-8-6-7-14(12-18)9-15(17)10-16-3/h6-7,9-10,12-13H,3-5,8,11H2,1-2H3/b15-10-. The Morgan fingerprint density at radius 2 is 2.22 bits per heavy atom. The smallest absolute Gasteiger partial charge is 0.150 e. The highest BCUT2D eigenvalue weighted by Crippen LogP contribution is 2.18. The van der Waals surface area contributed by atoms with E-state index in [0.29, 0.717) is 11.5 Å². The molecule has 18 heavy (non-hydrogen) atoms. The van der Waals surface area contributed by atoms with Gasteiger partial charge in [-0.05, 0) is 18.7 Å². The summed E-state index contributed by atoms with van der Waals surface area (Å²) in [5.41, 5.74) is 1.64. The lowest BCUT2D eigenvalue weighted by Gasteiger charge is -2.27. The van der Waals surface area contributed by atoms with E-state index < -0.39 is 0 Å². The fraction of sp³-hybridized carbons (Fsp3) is 0.467. The highest BCUT2D eigenvalue weighted by molar-refractivity contribution is 5.78. The highest BCUT2D eigenvalue weighted by Gasteiger charge is 2.14. The van der Waals surface area contributed by atoms with Crippen LogP contribution in [0.25, 0.3) is 0 Å². The second-order valence-corrected chi connectivity index (χ2v) is 4.49. The van der Waals surface area contributed by atoms with Crippen LogP contribution in [0.15, 0.2) is 40.7 Å². The zero-order valence-corrected chi connectivity index (χ0v) is 11.3. The largest absolute Gasteiger partial charge is 0.366 e. The van der Waals surface area contributed by atoms with Crippen molar-refractivity contribution in [1.29, 1.82) is 0 Å². The number of allylic oxidation sites excluding steroid dienone is 3. The van der Waals surface area contributed by atoms with E-state index in [2.05, 4.69) is 30.5 Å². The van der Waals surface area contributed by atoms with Gasteiger partial charge in [-0.3, -0.25) is 9.79 Å². The van der Waals surface area contributed by atoms with Crippen molar-refractivity contribution in [2.24, 2.45) is 10.9 Å². The summed E-state index contributed by atoms with van der Waals surface area (Å²) < 4.78 is 0. The zero-order valence-electron chi connectivity index (χ0n) is 11.3. The lowest BCUT2D eigenvalue weighted by atomic mass is 10.0. The van der Waals surface area contributed by atoms with Gasteiger partial charge in [0.05, 0.1) is 5.70 Å². The molecule has 0 aliphatic carbocycles. The van der Waals surface area contributed by atoms with Gasteiger partial charge in [-0.2, -0.15) is 0 Å². The minimum absolute atomic E-state index is 0.665. The predicted molar refractivity (Wildman–Crippen MR) is 76.6 cm³/mol. The van der Waals surface area contributed by atoms with Crippen molar-refractivity contribution in [3.05, 3.63) is 35.7 Å². The minimum Gasteiger partial charge on any atom is -0.366 e. The fourth-order valence-corrected chi connectivity index (χ4v) is 2.06. The number of hydrogen-bond donors (Lipinski definition) is 0. The summed E-state index contributed by atoms with van der Waals surface area (Å²) in [6.45, 7) is 9.72. The number of aldehydes is 1. The van der Waals surface area contributed by atoms with E-state index in [1.54, 1.807) is 6.20 Å². The van der Waals surface area contributed by atoms with Crippen LogP contribution in [0.1, 0.15) is 26.7 Å². The summed E-state index contributed by atoms with van der Waals surface area (Å²) in [6.07, 6.45) is 10.7. The first-order valence-corrected chi connectivity index (χ1v) is 6.49. The minimum atomic E-state index is 0.665. The van der Waals surface area contributed by atoms with Gasteiger partial charge in [-0.25, -0.2) is 0 Å². The molecule has 0 unspecified atom stereocenters. The molecule has 0 spiro atoms.